The fourth-order valence-electron chi connectivity index (χ4n) is 2.87. The molecule has 0 saturated heterocycles. The molecule has 0 radical (unpaired) electrons. The molecule has 4 rings (SSSR count). The minimum Gasteiger partial charge on any atom is -0.461 e. The number of aromatic nitrogens is 2. The third kappa shape index (κ3) is 3.38. The predicted octanol–water partition coefficient (Wildman–Crippen LogP) is 4.17. The quantitative estimate of drug-likeness (QED) is 0.488. The molecule has 1 aromatic heterocycles. The second-order valence-corrected chi connectivity index (χ2v) is 6.69. The molecule has 138 valence electrons. The third-order valence-electron chi connectivity index (χ3n) is 4.18. The molecular formula is C20H18N2O4S. The highest BCUT2D eigenvalue weighted by atomic mass is 32.2. The molecule has 1 aliphatic rings. The van der Waals surface area contributed by atoms with Gasteiger partial charge in [-0.15, -0.1) is 11.8 Å². The Hall–Kier alpha value is -2.93. The van der Waals surface area contributed by atoms with Crippen LogP contribution in [0.3, 0.4) is 0 Å². The Bertz CT molecular complexity index is 982. The molecule has 0 aliphatic carbocycles. The lowest BCUT2D eigenvalue weighted by molar-refractivity contribution is 0.0519. The Morgan fingerprint density at radius 2 is 1.93 bits per heavy atom. The lowest BCUT2D eigenvalue weighted by Gasteiger charge is -2.09. The van der Waals surface area contributed by atoms with E-state index in [-0.39, 0.29) is 12.5 Å². The van der Waals surface area contributed by atoms with E-state index in [4.69, 9.17) is 14.2 Å². The standard InChI is InChI=1S/C20H18N2O4S/c1-3-24-20(23)16-11-17(13-4-7-15(27-2)8-5-13)22(21-16)14-6-9-18-19(10-14)26-12-25-18/h4-11H,3,12H2,1-2H3. The maximum atomic E-state index is 12.2. The summed E-state index contributed by atoms with van der Waals surface area (Å²) in [6, 6.07) is 15.4. The van der Waals surface area contributed by atoms with E-state index < -0.39 is 5.97 Å². The molecule has 0 unspecified atom stereocenters. The third-order valence-corrected chi connectivity index (χ3v) is 4.92. The average Bonchev–Trinajstić information content (AvgIpc) is 3.34. The van der Waals surface area contributed by atoms with Crippen LogP contribution in [0.5, 0.6) is 11.5 Å². The first-order valence-corrected chi connectivity index (χ1v) is 9.73. The highest BCUT2D eigenvalue weighted by Crippen LogP contribution is 2.35. The van der Waals surface area contributed by atoms with E-state index in [1.807, 2.05) is 48.7 Å². The van der Waals surface area contributed by atoms with E-state index in [1.165, 1.54) is 4.90 Å². The first kappa shape index (κ1) is 17.5. The molecule has 1 aliphatic heterocycles. The minimum atomic E-state index is -0.445. The molecule has 0 atom stereocenters. The Balaban J connectivity index is 1.81. The van der Waals surface area contributed by atoms with Gasteiger partial charge in [0.15, 0.2) is 17.2 Å². The van der Waals surface area contributed by atoms with E-state index in [9.17, 15) is 4.79 Å². The molecular weight excluding hydrogens is 364 g/mol. The molecule has 7 heteroatoms. The lowest BCUT2D eigenvalue weighted by atomic mass is 10.1. The van der Waals surface area contributed by atoms with Crippen molar-refractivity contribution in [2.75, 3.05) is 19.7 Å². The van der Waals surface area contributed by atoms with Crippen LogP contribution in [-0.2, 0) is 4.74 Å². The maximum absolute atomic E-state index is 12.2. The van der Waals surface area contributed by atoms with Crippen LogP contribution in [-0.4, -0.2) is 35.4 Å². The molecule has 0 N–H and O–H groups in total. The van der Waals surface area contributed by atoms with Gasteiger partial charge in [0.2, 0.25) is 6.79 Å². The molecule has 3 aromatic rings. The molecule has 2 heterocycles. The van der Waals surface area contributed by atoms with E-state index >= 15 is 0 Å². The zero-order valence-electron chi connectivity index (χ0n) is 15.0. The zero-order valence-corrected chi connectivity index (χ0v) is 15.8. The van der Waals surface area contributed by atoms with Gasteiger partial charge >= 0.3 is 5.97 Å². The highest BCUT2D eigenvalue weighted by molar-refractivity contribution is 7.98. The van der Waals surface area contributed by atoms with Crippen molar-refractivity contribution < 1.29 is 19.0 Å². The van der Waals surface area contributed by atoms with Crippen LogP contribution in [0.4, 0.5) is 0 Å². The minimum absolute atomic E-state index is 0.203. The van der Waals surface area contributed by atoms with Gasteiger partial charge in [0, 0.05) is 16.5 Å². The second kappa shape index (κ2) is 7.36. The van der Waals surface area contributed by atoms with E-state index in [2.05, 4.69) is 5.10 Å². The summed E-state index contributed by atoms with van der Waals surface area (Å²) >= 11 is 1.68. The number of thioether (sulfide) groups is 1. The number of ether oxygens (including phenoxy) is 3. The van der Waals surface area contributed by atoms with Gasteiger partial charge < -0.3 is 14.2 Å². The van der Waals surface area contributed by atoms with Crippen LogP contribution in [0.25, 0.3) is 16.9 Å². The summed E-state index contributed by atoms with van der Waals surface area (Å²) in [7, 11) is 0. The molecule has 2 aromatic carbocycles. The molecule has 0 amide bonds. The Morgan fingerprint density at radius 1 is 1.15 bits per heavy atom. The van der Waals surface area contributed by atoms with Crippen molar-refractivity contribution in [3.8, 4) is 28.4 Å². The van der Waals surface area contributed by atoms with Gasteiger partial charge in [-0.1, -0.05) is 12.1 Å². The van der Waals surface area contributed by atoms with Crippen molar-refractivity contribution in [3.05, 3.63) is 54.2 Å². The zero-order chi connectivity index (χ0) is 18.8. The highest BCUT2D eigenvalue weighted by Gasteiger charge is 2.20. The number of fused-ring (bicyclic) bond motifs is 1. The summed E-state index contributed by atoms with van der Waals surface area (Å²) < 4.78 is 17.7. The fraction of sp³-hybridized carbons (Fsp3) is 0.200. The van der Waals surface area contributed by atoms with Gasteiger partial charge in [0.25, 0.3) is 0 Å². The van der Waals surface area contributed by atoms with Crippen molar-refractivity contribution in [1.29, 1.82) is 0 Å². The largest absolute Gasteiger partial charge is 0.461 e. The van der Waals surface area contributed by atoms with Crippen LogP contribution in [0.1, 0.15) is 17.4 Å². The van der Waals surface area contributed by atoms with Gasteiger partial charge in [-0.2, -0.15) is 5.10 Å². The topological polar surface area (TPSA) is 62.6 Å². The van der Waals surface area contributed by atoms with Crippen LogP contribution >= 0.6 is 11.8 Å². The Labute approximate surface area is 161 Å². The second-order valence-electron chi connectivity index (χ2n) is 5.81. The monoisotopic (exact) mass is 382 g/mol. The molecule has 6 nitrogen and oxygen atoms in total. The van der Waals surface area contributed by atoms with Gasteiger partial charge in [0.1, 0.15) is 0 Å². The summed E-state index contributed by atoms with van der Waals surface area (Å²) in [6.45, 7) is 2.28. The first-order valence-electron chi connectivity index (χ1n) is 8.51. The lowest BCUT2D eigenvalue weighted by Crippen LogP contribution is -2.06. The van der Waals surface area contributed by atoms with Crippen LogP contribution in [0, 0.1) is 0 Å². The Morgan fingerprint density at radius 3 is 2.67 bits per heavy atom. The average molecular weight is 382 g/mol. The smallest absolute Gasteiger partial charge is 0.358 e. The van der Waals surface area contributed by atoms with E-state index in [0.29, 0.717) is 18.1 Å². The van der Waals surface area contributed by atoms with Crippen LogP contribution in [0.15, 0.2) is 53.4 Å². The fourth-order valence-corrected chi connectivity index (χ4v) is 3.28. The normalized spacial score (nSPS) is 12.2. The van der Waals surface area contributed by atoms with E-state index in [0.717, 1.165) is 16.9 Å². The van der Waals surface area contributed by atoms with Crippen molar-refractivity contribution in [2.24, 2.45) is 0 Å². The summed E-state index contributed by atoms with van der Waals surface area (Å²) in [5.41, 5.74) is 2.79. The number of nitrogens with zero attached hydrogens (tertiary/aromatic N) is 2. The number of carbonyl (C=O) groups is 1. The van der Waals surface area contributed by atoms with Crippen molar-refractivity contribution in [3.63, 3.8) is 0 Å². The first-order chi connectivity index (χ1) is 13.2. The summed E-state index contributed by atoms with van der Waals surface area (Å²) in [6.07, 6.45) is 2.03. The van der Waals surface area contributed by atoms with Gasteiger partial charge in [-0.25, -0.2) is 9.48 Å². The number of carbonyl (C=O) groups excluding carboxylic acids is 1. The molecule has 27 heavy (non-hydrogen) atoms. The summed E-state index contributed by atoms with van der Waals surface area (Å²) in [5, 5.41) is 4.48. The predicted molar refractivity (Wildman–Crippen MR) is 103 cm³/mol. The number of benzene rings is 2. The number of hydrogen-bond acceptors (Lipinski definition) is 6. The van der Waals surface area contributed by atoms with Gasteiger partial charge in [0.05, 0.1) is 18.0 Å². The molecule has 0 spiro atoms. The maximum Gasteiger partial charge on any atom is 0.358 e. The number of hydrogen-bond donors (Lipinski definition) is 0. The summed E-state index contributed by atoms with van der Waals surface area (Å²) in [5.74, 6) is 0.908. The van der Waals surface area contributed by atoms with Crippen molar-refractivity contribution in [2.45, 2.75) is 11.8 Å². The van der Waals surface area contributed by atoms with Crippen LogP contribution in [0.2, 0.25) is 0 Å². The molecule has 0 fully saturated rings. The summed E-state index contributed by atoms with van der Waals surface area (Å²) in [4.78, 5) is 13.4. The van der Waals surface area contributed by atoms with Gasteiger partial charge in [-0.05, 0) is 43.5 Å². The van der Waals surface area contributed by atoms with Crippen molar-refractivity contribution in [1.82, 2.24) is 9.78 Å². The molecule has 0 saturated carbocycles. The molecule has 0 bridgehead atoms. The van der Waals surface area contributed by atoms with Crippen molar-refractivity contribution >= 4 is 17.7 Å². The van der Waals surface area contributed by atoms with Gasteiger partial charge in [-0.3, -0.25) is 0 Å². The Kier molecular flexibility index (Phi) is 4.77. The number of rotatable bonds is 5. The SMILES string of the molecule is CCOC(=O)c1cc(-c2ccc(SC)cc2)n(-c2ccc3c(c2)OCO3)n1. The van der Waals surface area contributed by atoms with E-state index in [1.54, 1.807) is 29.4 Å². The van der Waals surface area contributed by atoms with Crippen LogP contribution < -0.4 is 9.47 Å². The number of esters is 1.